The van der Waals surface area contributed by atoms with Crippen LogP contribution in [0, 0.1) is 5.82 Å². The van der Waals surface area contributed by atoms with Crippen molar-refractivity contribution in [1.82, 2.24) is 15.1 Å². The monoisotopic (exact) mass is 401 g/mol. The molecule has 3 heterocycles. The standard InChI is InChI=1S/C21H24FN3O2S/c1-2-3-10-21(16-4-6-17(22)7-5-16)19(26)25(20(27)23-21)14-24-11-8-18-15(13-24)9-12-28-18/h4-7,9,12H,2-3,8,10-11,13-14H2,1H3,(H,23,27). The Balaban J connectivity index is 1.57. The highest BCUT2D eigenvalue weighted by molar-refractivity contribution is 7.10. The van der Waals surface area contributed by atoms with E-state index in [0.717, 1.165) is 32.4 Å². The number of nitrogens with one attached hydrogen (secondary N) is 1. The minimum Gasteiger partial charge on any atom is -0.319 e. The summed E-state index contributed by atoms with van der Waals surface area (Å²) >= 11 is 1.76. The van der Waals surface area contributed by atoms with Gasteiger partial charge in [0.25, 0.3) is 5.91 Å². The lowest BCUT2D eigenvalue weighted by Crippen LogP contribution is -2.46. The van der Waals surface area contributed by atoms with Crippen LogP contribution in [0.25, 0.3) is 0 Å². The van der Waals surface area contributed by atoms with Crippen molar-refractivity contribution in [2.75, 3.05) is 13.2 Å². The van der Waals surface area contributed by atoms with Crippen molar-refractivity contribution in [1.29, 1.82) is 0 Å². The van der Waals surface area contributed by atoms with E-state index >= 15 is 0 Å². The zero-order chi connectivity index (χ0) is 19.7. The highest BCUT2D eigenvalue weighted by Crippen LogP contribution is 2.35. The molecule has 0 saturated carbocycles. The summed E-state index contributed by atoms with van der Waals surface area (Å²) in [5, 5.41) is 5.02. The Labute approximate surface area is 168 Å². The van der Waals surface area contributed by atoms with Crippen LogP contribution in [0.1, 0.15) is 42.2 Å². The fraction of sp³-hybridized carbons (Fsp3) is 0.429. The van der Waals surface area contributed by atoms with Crippen LogP contribution in [0.4, 0.5) is 9.18 Å². The predicted octanol–water partition coefficient (Wildman–Crippen LogP) is 3.84. The quantitative estimate of drug-likeness (QED) is 0.749. The Morgan fingerprint density at radius 3 is 2.75 bits per heavy atom. The fourth-order valence-electron chi connectivity index (χ4n) is 4.07. The molecule has 1 aromatic heterocycles. The van der Waals surface area contributed by atoms with Gasteiger partial charge in [-0.25, -0.2) is 14.1 Å². The number of hydrogen-bond acceptors (Lipinski definition) is 4. The van der Waals surface area contributed by atoms with Crippen LogP contribution in [0.2, 0.25) is 0 Å². The Bertz CT molecular complexity index is 882. The van der Waals surface area contributed by atoms with Crippen LogP contribution in [0.3, 0.4) is 0 Å². The summed E-state index contributed by atoms with van der Waals surface area (Å²) in [4.78, 5) is 31.0. The van der Waals surface area contributed by atoms with Gasteiger partial charge in [-0.1, -0.05) is 31.9 Å². The van der Waals surface area contributed by atoms with Crippen molar-refractivity contribution in [3.8, 4) is 0 Å². The molecular weight excluding hydrogens is 377 g/mol. The lowest BCUT2D eigenvalue weighted by atomic mass is 9.85. The first-order valence-corrected chi connectivity index (χ1v) is 10.6. The van der Waals surface area contributed by atoms with E-state index in [-0.39, 0.29) is 24.4 Å². The number of carbonyl (C=O) groups is 2. The number of fused-ring (bicyclic) bond motifs is 1. The van der Waals surface area contributed by atoms with Gasteiger partial charge in [0.15, 0.2) is 0 Å². The van der Waals surface area contributed by atoms with Gasteiger partial charge in [0, 0.05) is 18.0 Å². The van der Waals surface area contributed by atoms with Crippen LogP contribution >= 0.6 is 11.3 Å². The van der Waals surface area contributed by atoms with E-state index in [9.17, 15) is 14.0 Å². The van der Waals surface area contributed by atoms with Crippen molar-refractivity contribution >= 4 is 23.3 Å². The molecule has 28 heavy (non-hydrogen) atoms. The first-order chi connectivity index (χ1) is 13.5. The second-order valence-electron chi connectivity index (χ2n) is 7.49. The van der Waals surface area contributed by atoms with Gasteiger partial charge in [0.2, 0.25) is 0 Å². The third-order valence-electron chi connectivity index (χ3n) is 5.65. The minimum atomic E-state index is -1.11. The molecule has 1 N–H and O–H groups in total. The summed E-state index contributed by atoms with van der Waals surface area (Å²) in [6.45, 7) is 3.88. The molecule has 7 heteroatoms. The summed E-state index contributed by atoms with van der Waals surface area (Å²) < 4.78 is 13.4. The van der Waals surface area contributed by atoms with E-state index in [1.807, 2.05) is 6.92 Å². The molecule has 1 fully saturated rings. The maximum absolute atomic E-state index is 13.4. The number of hydrogen-bond donors (Lipinski definition) is 1. The van der Waals surface area contributed by atoms with Crippen molar-refractivity contribution in [2.24, 2.45) is 0 Å². The predicted molar refractivity (Wildman–Crippen MR) is 106 cm³/mol. The number of imide groups is 1. The number of thiophene rings is 1. The van der Waals surface area contributed by atoms with Gasteiger partial charge in [-0.3, -0.25) is 9.69 Å². The molecule has 4 rings (SSSR count). The van der Waals surface area contributed by atoms with Gasteiger partial charge in [0.05, 0.1) is 6.67 Å². The van der Waals surface area contributed by atoms with Gasteiger partial charge in [0.1, 0.15) is 11.4 Å². The Kier molecular flexibility index (Phi) is 5.21. The van der Waals surface area contributed by atoms with Crippen LogP contribution in [-0.4, -0.2) is 35.0 Å². The zero-order valence-electron chi connectivity index (χ0n) is 15.9. The molecular formula is C21H24FN3O2S. The highest BCUT2D eigenvalue weighted by Gasteiger charge is 2.52. The SMILES string of the molecule is CCCCC1(c2ccc(F)cc2)NC(=O)N(CN2CCc3sccc3C2)C1=O. The smallest absolute Gasteiger partial charge is 0.319 e. The van der Waals surface area contributed by atoms with Crippen LogP contribution in [-0.2, 0) is 23.3 Å². The lowest BCUT2D eigenvalue weighted by molar-refractivity contribution is -0.133. The van der Waals surface area contributed by atoms with Gasteiger partial charge in [-0.05, 0) is 47.5 Å². The van der Waals surface area contributed by atoms with Crippen molar-refractivity contribution in [3.63, 3.8) is 0 Å². The number of unbranched alkanes of at least 4 members (excludes halogenated alkanes) is 1. The molecule has 2 aromatic rings. The van der Waals surface area contributed by atoms with E-state index < -0.39 is 5.54 Å². The number of carbonyl (C=O) groups excluding carboxylic acids is 2. The number of halogens is 1. The molecule has 2 aliphatic rings. The molecule has 1 unspecified atom stereocenters. The first kappa shape index (κ1) is 19.1. The summed E-state index contributed by atoms with van der Waals surface area (Å²) in [5.41, 5.74) is 0.811. The van der Waals surface area contributed by atoms with Crippen molar-refractivity contribution in [2.45, 2.75) is 44.7 Å². The van der Waals surface area contributed by atoms with Gasteiger partial charge < -0.3 is 5.32 Å². The molecule has 0 aliphatic carbocycles. The van der Waals surface area contributed by atoms with E-state index in [0.29, 0.717) is 12.0 Å². The third kappa shape index (κ3) is 3.33. The molecule has 2 aliphatic heterocycles. The van der Waals surface area contributed by atoms with Gasteiger partial charge >= 0.3 is 6.03 Å². The van der Waals surface area contributed by atoms with Gasteiger partial charge in [-0.2, -0.15) is 0 Å². The maximum Gasteiger partial charge on any atom is 0.326 e. The Morgan fingerprint density at radius 2 is 2.00 bits per heavy atom. The number of benzene rings is 1. The summed E-state index contributed by atoms with van der Waals surface area (Å²) in [6, 6.07) is 7.63. The maximum atomic E-state index is 13.4. The number of amides is 3. The molecule has 3 amide bonds. The first-order valence-electron chi connectivity index (χ1n) is 9.71. The van der Waals surface area contributed by atoms with Crippen LogP contribution < -0.4 is 5.32 Å². The lowest BCUT2D eigenvalue weighted by Gasteiger charge is -2.31. The second kappa shape index (κ2) is 7.64. The van der Waals surface area contributed by atoms with Crippen molar-refractivity contribution in [3.05, 3.63) is 57.5 Å². The molecule has 1 atom stereocenters. The van der Waals surface area contributed by atoms with Gasteiger partial charge in [-0.15, -0.1) is 11.3 Å². The third-order valence-corrected chi connectivity index (χ3v) is 6.67. The Morgan fingerprint density at radius 1 is 1.21 bits per heavy atom. The largest absolute Gasteiger partial charge is 0.326 e. The van der Waals surface area contributed by atoms with E-state index in [2.05, 4.69) is 21.7 Å². The van der Waals surface area contributed by atoms with E-state index in [1.165, 1.54) is 27.5 Å². The molecule has 0 radical (unpaired) electrons. The van der Waals surface area contributed by atoms with Crippen LogP contribution in [0.15, 0.2) is 35.7 Å². The normalized spacial score (nSPS) is 22.4. The number of urea groups is 1. The van der Waals surface area contributed by atoms with Crippen molar-refractivity contribution < 1.29 is 14.0 Å². The molecule has 1 saturated heterocycles. The molecule has 148 valence electrons. The van der Waals surface area contributed by atoms with E-state index in [1.54, 1.807) is 23.5 Å². The number of nitrogens with zero attached hydrogens (tertiary/aromatic N) is 2. The number of rotatable bonds is 6. The fourth-order valence-corrected chi connectivity index (χ4v) is 4.96. The second-order valence-corrected chi connectivity index (χ2v) is 8.49. The molecule has 1 aromatic carbocycles. The average Bonchev–Trinajstić information content (AvgIpc) is 3.25. The topological polar surface area (TPSA) is 52.7 Å². The summed E-state index contributed by atoms with van der Waals surface area (Å²) in [6.07, 6.45) is 3.14. The summed E-state index contributed by atoms with van der Waals surface area (Å²) in [7, 11) is 0. The Hall–Kier alpha value is -2.25. The molecule has 0 bridgehead atoms. The minimum absolute atomic E-state index is 0.242. The zero-order valence-corrected chi connectivity index (χ0v) is 16.7. The highest BCUT2D eigenvalue weighted by atomic mass is 32.1. The summed E-state index contributed by atoms with van der Waals surface area (Å²) in [5.74, 6) is -0.600. The van der Waals surface area contributed by atoms with Crippen LogP contribution in [0.5, 0.6) is 0 Å². The molecule has 5 nitrogen and oxygen atoms in total. The average molecular weight is 402 g/mol. The molecule has 0 spiro atoms. The van der Waals surface area contributed by atoms with E-state index in [4.69, 9.17) is 0 Å².